The van der Waals surface area contributed by atoms with E-state index in [1.54, 1.807) is 35.2 Å². The van der Waals surface area contributed by atoms with E-state index in [0.29, 0.717) is 39.4 Å². The number of benzene rings is 3. The van der Waals surface area contributed by atoms with Crippen LogP contribution in [0.4, 0.5) is 23.2 Å². The second-order valence-electron chi connectivity index (χ2n) is 8.37. The number of hydrogen-bond donors (Lipinski definition) is 2. The van der Waals surface area contributed by atoms with Crippen LogP contribution in [0.1, 0.15) is 32.6 Å². The van der Waals surface area contributed by atoms with Crippen molar-refractivity contribution in [3.05, 3.63) is 98.3 Å². The quantitative estimate of drug-likeness (QED) is 0.401. The van der Waals surface area contributed by atoms with Crippen LogP contribution in [0.15, 0.2) is 54.6 Å². The molecule has 0 bridgehead atoms. The Morgan fingerprint density at radius 3 is 2.42 bits per heavy atom. The van der Waals surface area contributed by atoms with Gasteiger partial charge in [0.25, 0.3) is 5.91 Å². The first-order chi connectivity index (χ1) is 16.9. The molecule has 3 N–H and O–H groups in total. The molecule has 0 aromatic heterocycles. The summed E-state index contributed by atoms with van der Waals surface area (Å²) >= 11 is 12.1. The molecule has 2 amide bonds. The maximum absolute atomic E-state index is 13.6. The summed E-state index contributed by atoms with van der Waals surface area (Å²) in [5.74, 6) is -2.38. The summed E-state index contributed by atoms with van der Waals surface area (Å²) in [4.78, 5) is 27.0. The maximum Gasteiger partial charge on any atom is 0.417 e. The van der Waals surface area contributed by atoms with E-state index in [1.165, 1.54) is 6.07 Å². The van der Waals surface area contributed by atoms with Crippen molar-refractivity contribution in [3.8, 4) is 0 Å². The number of fused-ring (bicyclic) bond motifs is 1. The summed E-state index contributed by atoms with van der Waals surface area (Å²) in [6.45, 7) is 0.486. The highest BCUT2D eigenvalue weighted by Gasteiger charge is 2.35. The van der Waals surface area contributed by atoms with Gasteiger partial charge in [0.05, 0.1) is 17.2 Å². The Hall–Kier alpha value is -3.14. The number of hydrogen-bond acceptors (Lipinski definition) is 3. The molecule has 3 aromatic carbocycles. The van der Waals surface area contributed by atoms with Crippen molar-refractivity contribution in [1.29, 1.82) is 0 Å². The Bertz CT molecular complexity index is 1350. The van der Waals surface area contributed by atoms with Crippen LogP contribution in [0.3, 0.4) is 0 Å². The zero-order valence-electron chi connectivity index (χ0n) is 18.5. The van der Waals surface area contributed by atoms with Crippen LogP contribution in [0.5, 0.6) is 0 Å². The second-order valence-corrected chi connectivity index (χ2v) is 9.21. The fraction of sp³-hybridized carbons (Fsp3) is 0.200. The number of amides is 2. The van der Waals surface area contributed by atoms with Gasteiger partial charge in [0.1, 0.15) is 5.82 Å². The van der Waals surface area contributed by atoms with Gasteiger partial charge in [-0.2, -0.15) is 13.2 Å². The number of carbonyl (C=O) groups excluding carboxylic acids is 2. The molecule has 3 aromatic rings. The maximum atomic E-state index is 13.6. The Labute approximate surface area is 213 Å². The molecule has 4 rings (SSSR count). The van der Waals surface area contributed by atoms with E-state index in [4.69, 9.17) is 28.9 Å². The SMILES string of the molecule is N[C@H](Cc1ccc(Cl)cc1Cl)C(=O)N1Cc2ccc(NC(=O)c3cc(F)ccc3C(F)(F)F)cc2C1. The van der Waals surface area contributed by atoms with E-state index >= 15 is 0 Å². The van der Waals surface area contributed by atoms with Gasteiger partial charge in [-0.15, -0.1) is 0 Å². The Balaban J connectivity index is 1.45. The topological polar surface area (TPSA) is 75.4 Å². The highest BCUT2D eigenvalue weighted by atomic mass is 35.5. The van der Waals surface area contributed by atoms with Crippen LogP contribution < -0.4 is 11.1 Å². The molecule has 0 radical (unpaired) electrons. The molecule has 1 heterocycles. The average Bonchev–Trinajstić information content (AvgIpc) is 3.22. The van der Waals surface area contributed by atoms with Crippen molar-refractivity contribution in [2.45, 2.75) is 31.7 Å². The summed E-state index contributed by atoms with van der Waals surface area (Å²) in [6, 6.07) is 10.5. The zero-order chi connectivity index (χ0) is 26.2. The molecular weight excluding hydrogens is 521 g/mol. The van der Waals surface area contributed by atoms with E-state index in [1.807, 2.05) is 0 Å². The van der Waals surface area contributed by atoms with Gasteiger partial charge in [-0.05, 0) is 65.6 Å². The zero-order valence-corrected chi connectivity index (χ0v) is 20.0. The minimum Gasteiger partial charge on any atom is -0.333 e. The molecule has 1 aliphatic heterocycles. The van der Waals surface area contributed by atoms with Crippen molar-refractivity contribution in [2.75, 3.05) is 5.32 Å². The number of nitrogens with zero attached hydrogens (tertiary/aromatic N) is 1. The number of rotatable bonds is 5. The van der Waals surface area contributed by atoms with E-state index in [9.17, 15) is 27.2 Å². The van der Waals surface area contributed by atoms with Crippen LogP contribution in [0.25, 0.3) is 0 Å². The van der Waals surface area contributed by atoms with Gasteiger partial charge in [-0.3, -0.25) is 9.59 Å². The fourth-order valence-corrected chi connectivity index (χ4v) is 4.51. The van der Waals surface area contributed by atoms with Crippen LogP contribution in [-0.2, 0) is 30.5 Å². The van der Waals surface area contributed by atoms with Gasteiger partial charge >= 0.3 is 6.18 Å². The predicted octanol–water partition coefficient (Wildman–Crippen LogP) is 5.82. The molecule has 0 fully saturated rings. The lowest BCUT2D eigenvalue weighted by atomic mass is 10.1. The fourth-order valence-electron chi connectivity index (χ4n) is 4.02. The normalized spacial score (nSPS) is 13.9. The van der Waals surface area contributed by atoms with Gasteiger partial charge < -0.3 is 16.0 Å². The Kier molecular flexibility index (Phi) is 7.26. The molecule has 188 valence electrons. The standard InChI is InChI=1S/C25H19Cl2F4N3O2/c26-16-3-1-13(21(27)9-16)8-22(32)24(36)34-11-14-2-5-18(7-15(14)12-34)33-23(35)19-10-17(28)4-6-20(19)25(29,30)31/h1-7,9-10,22H,8,11-12,32H2,(H,33,35)/t22-/m1/s1. The monoisotopic (exact) mass is 539 g/mol. The van der Waals surface area contributed by atoms with Crippen molar-refractivity contribution < 1.29 is 27.2 Å². The van der Waals surface area contributed by atoms with Gasteiger partial charge in [0, 0.05) is 28.8 Å². The number of carbonyl (C=O) groups is 2. The molecule has 5 nitrogen and oxygen atoms in total. The molecule has 11 heteroatoms. The lowest BCUT2D eigenvalue weighted by Gasteiger charge is -2.20. The van der Waals surface area contributed by atoms with E-state index in [0.717, 1.165) is 5.56 Å². The third-order valence-electron chi connectivity index (χ3n) is 5.80. The molecule has 1 aliphatic rings. The minimum atomic E-state index is -4.83. The summed E-state index contributed by atoms with van der Waals surface area (Å²) in [7, 11) is 0. The summed E-state index contributed by atoms with van der Waals surface area (Å²) in [6.07, 6.45) is -4.62. The molecule has 36 heavy (non-hydrogen) atoms. The number of anilines is 1. The van der Waals surface area contributed by atoms with E-state index < -0.39 is 35.1 Å². The highest BCUT2D eigenvalue weighted by molar-refractivity contribution is 6.35. The number of nitrogens with one attached hydrogen (secondary N) is 1. The average molecular weight is 540 g/mol. The minimum absolute atomic E-state index is 0.202. The van der Waals surface area contributed by atoms with Crippen LogP contribution in [0.2, 0.25) is 10.0 Å². The third kappa shape index (κ3) is 5.64. The lowest BCUT2D eigenvalue weighted by molar-refractivity contribution is -0.138. The van der Waals surface area contributed by atoms with E-state index in [2.05, 4.69) is 5.32 Å². The third-order valence-corrected chi connectivity index (χ3v) is 6.39. The molecule has 1 atom stereocenters. The first kappa shape index (κ1) is 25.9. The highest BCUT2D eigenvalue weighted by Crippen LogP contribution is 2.33. The summed E-state index contributed by atoms with van der Waals surface area (Å²) < 4.78 is 53.3. The largest absolute Gasteiger partial charge is 0.417 e. The molecule has 0 saturated carbocycles. The molecule has 0 unspecified atom stereocenters. The van der Waals surface area contributed by atoms with Gasteiger partial charge in [-0.1, -0.05) is 35.3 Å². The Morgan fingerprint density at radius 2 is 1.72 bits per heavy atom. The van der Waals surface area contributed by atoms with Gasteiger partial charge in [0.2, 0.25) is 5.91 Å². The van der Waals surface area contributed by atoms with Crippen LogP contribution in [-0.4, -0.2) is 22.8 Å². The van der Waals surface area contributed by atoms with Crippen molar-refractivity contribution in [3.63, 3.8) is 0 Å². The smallest absolute Gasteiger partial charge is 0.333 e. The first-order valence-electron chi connectivity index (χ1n) is 10.7. The van der Waals surface area contributed by atoms with Gasteiger partial charge in [-0.25, -0.2) is 4.39 Å². The van der Waals surface area contributed by atoms with Crippen LogP contribution >= 0.6 is 23.2 Å². The molecule has 0 spiro atoms. The van der Waals surface area contributed by atoms with Crippen molar-refractivity contribution in [1.82, 2.24) is 4.90 Å². The molecular formula is C25H19Cl2F4N3O2. The summed E-state index contributed by atoms with van der Waals surface area (Å²) in [5, 5.41) is 3.25. The van der Waals surface area contributed by atoms with E-state index in [-0.39, 0.29) is 31.1 Å². The number of alkyl halides is 3. The molecule has 0 saturated heterocycles. The van der Waals surface area contributed by atoms with Gasteiger partial charge in [0.15, 0.2) is 0 Å². The lowest BCUT2D eigenvalue weighted by Crippen LogP contribution is -2.42. The molecule has 0 aliphatic carbocycles. The number of halogens is 6. The van der Waals surface area contributed by atoms with Crippen LogP contribution in [0, 0.1) is 5.82 Å². The van der Waals surface area contributed by atoms with Crippen molar-refractivity contribution in [2.24, 2.45) is 5.73 Å². The second kappa shape index (κ2) is 10.1. The Morgan fingerprint density at radius 1 is 1.00 bits per heavy atom. The van der Waals surface area contributed by atoms with Crippen molar-refractivity contribution >= 4 is 40.7 Å². The number of nitrogens with two attached hydrogens (primary N) is 1. The predicted molar refractivity (Wildman–Crippen MR) is 128 cm³/mol. The first-order valence-corrected chi connectivity index (χ1v) is 11.5. The summed E-state index contributed by atoms with van der Waals surface area (Å²) in [5.41, 5.74) is 6.46.